The van der Waals surface area contributed by atoms with Gasteiger partial charge in [-0.3, -0.25) is 4.79 Å². The summed E-state index contributed by atoms with van der Waals surface area (Å²) in [5, 5.41) is 0. The normalized spacial score (nSPS) is 28.0. The molecule has 1 fully saturated rings. The predicted molar refractivity (Wildman–Crippen MR) is 81.4 cm³/mol. The lowest BCUT2D eigenvalue weighted by Crippen LogP contribution is -2.22. The summed E-state index contributed by atoms with van der Waals surface area (Å²) in [6.07, 6.45) is 7.00. The van der Waals surface area contributed by atoms with Gasteiger partial charge in [0.1, 0.15) is 11.9 Å². The molecule has 3 nitrogen and oxygen atoms in total. The third kappa shape index (κ3) is 3.22. The Hall–Kier alpha value is -1.51. The highest BCUT2D eigenvalue weighted by Crippen LogP contribution is 2.40. The minimum Gasteiger partial charge on any atom is -0.497 e. The molecule has 3 atom stereocenters. The van der Waals surface area contributed by atoms with E-state index >= 15 is 0 Å². The van der Waals surface area contributed by atoms with Crippen LogP contribution in [0.4, 0.5) is 0 Å². The van der Waals surface area contributed by atoms with Gasteiger partial charge in [-0.2, -0.15) is 0 Å². The van der Waals surface area contributed by atoms with E-state index in [2.05, 4.69) is 18.2 Å². The summed E-state index contributed by atoms with van der Waals surface area (Å²) in [5.74, 6) is 2.28. The van der Waals surface area contributed by atoms with Crippen LogP contribution >= 0.6 is 0 Å². The van der Waals surface area contributed by atoms with Crippen molar-refractivity contribution in [3.05, 3.63) is 29.3 Å². The van der Waals surface area contributed by atoms with E-state index in [9.17, 15) is 4.79 Å². The number of aryl methyl sites for hydroxylation is 1. The number of benzene rings is 1. The second kappa shape index (κ2) is 6.08. The van der Waals surface area contributed by atoms with Gasteiger partial charge in [0.2, 0.25) is 0 Å². The molecule has 114 valence electrons. The zero-order valence-corrected chi connectivity index (χ0v) is 12.9. The number of ether oxygens (including phenoxy) is 2. The summed E-state index contributed by atoms with van der Waals surface area (Å²) < 4.78 is 10.7. The third-order valence-corrected chi connectivity index (χ3v) is 5.10. The van der Waals surface area contributed by atoms with E-state index < -0.39 is 0 Å². The first-order valence-corrected chi connectivity index (χ1v) is 7.98. The standard InChI is InChI=1S/C18H24O3/c1-12(19)21-18-8-6-16(11-18)13-3-4-15-10-17(20-2)7-5-14(15)9-13/h5,7,10,13,16,18H,3-4,6,8-9,11H2,1-2H3/t13-,16+,18-/m0/s1. The van der Waals surface area contributed by atoms with Gasteiger partial charge >= 0.3 is 5.97 Å². The number of rotatable bonds is 3. The zero-order valence-electron chi connectivity index (χ0n) is 12.9. The summed E-state index contributed by atoms with van der Waals surface area (Å²) in [7, 11) is 1.72. The largest absolute Gasteiger partial charge is 0.497 e. The van der Waals surface area contributed by atoms with Crippen LogP contribution in [0.25, 0.3) is 0 Å². The number of carbonyl (C=O) groups is 1. The summed E-state index contributed by atoms with van der Waals surface area (Å²) in [5.41, 5.74) is 2.92. The van der Waals surface area contributed by atoms with Crippen molar-refractivity contribution in [3.8, 4) is 5.75 Å². The van der Waals surface area contributed by atoms with Crippen molar-refractivity contribution in [2.45, 2.75) is 51.6 Å². The van der Waals surface area contributed by atoms with Crippen molar-refractivity contribution in [1.82, 2.24) is 0 Å². The fourth-order valence-electron chi connectivity index (χ4n) is 4.03. The number of hydrogen-bond donors (Lipinski definition) is 0. The Morgan fingerprint density at radius 2 is 2.00 bits per heavy atom. The first-order chi connectivity index (χ1) is 10.2. The Labute approximate surface area is 126 Å². The van der Waals surface area contributed by atoms with Crippen LogP contribution in [0, 0.1) is 11.8 Å². The maximum atomic E-state index is 11.1. The Morgan fingerprint density at radius 1 is 1.14 bits per heavy atom. The highest BCUT2D eigenvalue weighted by molar-refractivity contribution is 5.66. The number of esters is 1. The van der Waals surface area contributed by atoms with Crippen LogP contribution < -0.4 is 4.74 Å². The Bertz CT molecular complexity index is 523. The van der Waals surface area contributed by atoms with Crippen LogP contribution in [0.15, 0.2) is 18.2 Å². The van der Waals surface area contributed by atoms with Gasteiger partial charge in [0.15, 0.2) is 0 Å². The van der Waals surface area contributed by atoms with Gasteiger partial charge < -0.3 is 9.47 Å². The lowest BCUT2D eigenvalue weighted by Gasteiger charge is -2.29. The molecule has 0 aromatic heterocycles. The third-order valence-electron chi connectivity index (χ3n) is 5.10. The molecule has 1 aromatic rings. The summed E-state index contributed by atoms with van der Waals surface area (Å²) >= 11 is 0. The summed E-state index contributed by atoms with van der Waals surface area (Å²) in [4.78, 5) is 11.1. The van der Waals surface area contributed by atoms with E-state index in [-0.39, 0.29) is 12.1 Å². The van der Waals surface area contributed by atoms with Gasteiger partial charge in [0, 0.05) is 6.92 Å². The van der Waals surface area contributed by atoms with Crippen LogP contribution in [-0.4, -0.2) is 19.2 Å². The number of methoxy groups -OCH3 is 1. The van der Waals surface area contributed by atoms with Crippen LogP contribution in [0.2, 0.25) is 0 Å². The minimum atomic E-state index is -0.137. The maximum absolute atomic E-state index is 11.1. The summed E-state index contributed by atoms with van der Waals surface area (Å²) in [6, 6.07) is 6.47. The molecule has 0 N–H and O–H groups in total. The smallest absolute Gasteiger partial charge is 0.302 e. The molecule has 2 aliphatic carbocycles. The average molecular weight is 288 g/mol. The van der Waals surface area contributed by atoms with Crippen molar-refractivity contribution >= 4 is 5.97 Å². The Balaban J connectivity index is 1.63. The van der Waals surface area contributed by atoms with Crippen molar-refractivity contribution in [1.29, 1.82) is 0 Å². The van der Waals surface area contributed by atoms with Gasteiger partial charge in [-0.05, 0) is 73.6 Å². The molecule has 0 heterocycles. The minimum absolute atomic E-state index is 0.137. The first kappa shape index (κ1) is 14.4. The van der Waals surface area contributed by atoms with E-state index in [1.807, 2.05) is 0 Å². The lowest BCUT2D eigenvalue weighted by atomic mass is 9.76. The number of carbonyl (C=O) groups excluding carboxylic acids is 1. The van der Waals surface area contributed by atoms with Gasteiger partial charge in [-0.15, -0.1) is 0 Å². The molecule has 3 heteroatoms. The predicted octanol–water partition coefficient (Wildman–Crippen LogP) is 3.53. The van der Waals surface area contributed by atoms with E-state index in [1.165, 1.54) is 30.9 Å². The highest BCUT2D eigenvalue weighted by Gasteiger charge is 2.34. The van der Waals surface area contributed by atoms with Gasteiger partial charge in [0.25, 0.3) is 0 Å². The van der Waals surface area contributed by atoms with E-state index in [0.717, 1.165) is 37.4 Å². The number of hydrogen-bond acceptors (Lipinski definition) is 3. The van der Waals surface area contributed by atoms with E-state index in [4.69, 9.17) is 9.47 Å². The van der Waals surface area contributed by atoms with Crippen LogP contribution in [0.5, 0.6) is 5.75 Å². The molecular formula is C18H24O3. The zero-order chi connectivity index (χ0) is 14.8. The molecule has 0 amide bonds. The average Bonchev–Trinajstić information content (AvgIpc) is 2.93. The fourth-order valence-corrected chi connectivity index (χ4v) is 4.03. The number of fused-ring (bicyclic) bond motifs is 1. The molecule has 2 aliphatic rings. The van der Waals surface area contributed by atoms with Crippen molar-refractivity contribution in [2.75, 3.05) is 7.11 Å². The van der Waals surface area contributed by atoms with Crippen LogP contribution in [-0.2, 0) is 22.4 Å². The Morgan fingerprint density at radius 3 is 2.76 bits per heavy atom. The second-order valence-corrected chi connectivity index (χ2v) is 6.44. The molecule has 0 radical (unpaired) electrons. The molecule has 0 spiro atoms. The van der Waals surface area contributed by atoms with E-state index in [0.29, 0.717) is 5.92 Å². The quantitative estimate of drug-likeness (QED) is 0.798. The molecule has 0 bridgehead atoms. The van der Waals surface area contributed by atoms with Crippen molar-refractivity contribution in [2.24, 2.45) is 11.8 Å². The highest BCUT2D eigenvalue weighted by atomic mass is 16.5. The molecule has 1 aromatic carbocycles. The van der Waals surface area contributed by atoms with Gasteiger partial charge in [-0.1, -0.05) is 6.07 Å². The SMILES string of the molecule is COc1ccc2c(c1)CC[C@H]([C@@H]1CC[C@H](OC(C)=O)C1)C2. The molecule has 1 saturated carbocycles. The maximum Gasteiger partial charge on any atom is 0.302 e. The molecule has 21 heavy (non-hydrogen) atoms. The molecule has 0 unspecified atom stereocenters. The van der Waals surface area contributed by atoms with Gasteiger partial charge in [-0.25, -0.2) is 0 Å². The Kier molecular flexibility index (Phi) is 4.18. The van der Waals surface area contributed by atoms with Crippen LogP contribution in [0.1, 0.15) is 43.7 Å². The second-order valence-electron chi connectivity index (χ2n) is 6.44. The molecule has 3 rings (SSSR count). The van der Waals surface area contributed by atoms with Crippen molar-refractivity contribution in [3.63, 3.8) is 0 Å². The molecular weight excluding hydrogens is 264 g/mol. The lowest BCUT2D eigenvalue weighted by molar-refractivity contribution is -0.146. The fraction of sp³-hybridized carbons (Fsp3) is 0.611. The first-order valence-electron chi connectivity index (χ1n) is 7.98. The van der Waals surface area contributed by atoms with E-state index in [1.54, 1.807) is 7.11 Å². The summed E-state index contributed by atoms with van der Waals surface area (Å²) in [6.45, 7) is 1.51. The van der Waals surface area contributed by atoms with Gasteiger partial charge in [0.05, 0.1) is 7.11 Å². The topological polar surface area (TPSA) is 35.5 Å². The van der Waals surface area contributed by atoms with Crippen molar-refractivity contribution < 1.29 is 14.3 Å². The monoisotopic (exact) mass is 288 g/mol. The molecule has 0 saturated heterocycles. The molecule has 0 aliphatic heterocycles. The van der Waals surface area contributed by atoms with Crippen LogP contribution in [0.3, 0.4) is 0 Å².